The molecule has 31 heavy (non-hydrogen) atoms. The van der Waals surface area contributed by atoms with Crippen LogP contribution in [0.2, 0.25) is 0 Å². The average molecular weight is 422 g/mol. The molecule has 3 aromatic rings. The Morgan fingerprint density at radius 2 is 1.71 bits per heavy atom. The van der Waals surface area contributed by atoms with Crippen molar-refractivity contribution >= 4 is 11.9 Å². The summed E-state index contributed by atoms with van der Waals surface area (Å²) in [6, 6.07) is 17.4. The zero-order chi connectivity index (χ0) is 22.4. The number of aromatic nitrogens is 4. The van der Waals surface area contributed by atoms with E-state index >= 15 is 0 Å². The predicted octanol–water partition coefficient (Wildman–Crippen LogP) is 3.02. The molecule has 8 heteroatoms. The Hall–Kier alpha value is -3.55. The number of rotatable bonds is 7. The third-order valence-electron chi connectivity index (χ3n) is 4.68. The zero-order valence-electron chi connectivity index (χ0n) is 18.3. The maximum absolute atomic E-state index is 12.8. The number of hydrogen-bond donors (Lipinski definition) is 0. The van der Waals surface area contributed by atoms with E-state index in [-0.39, 0.29) is 19.1 Å². The molecule has 0 saturated heterocycles. The van der Waals surface area contributed by atoms with E-state index in [0.29, 0.717) is 12.4 Å². The zero-order valence-corrected chi connectivity index (χ0v) is 18.3. The molecule has 1 amide bonds. The number of esters is 1. The number of nitrogens with zero attached hydrogens (tertiary/aromatic N) is 5. The molecule has 0 aliphatic heterocycles. The third-order valence-corrected chi connectivity index (χ3v) is 4.68. The van der Waals surface area contributed by atoms with Crippen molar-refractivity contribution in [1.29, 1.82) is 0 Å². The van der Waals surface area contributed by atoms with Crippen molar-refractivity contribution in [2.75, 3.05) is 6.61 Å². The van der Waals surface area contributed by atoms with Gasteiger partial charge in [-0.15, -0.1) is 10.2 Å². The lowest BCUT2D eigenvalue weighted by Crippen LogP contribution is -2.47. The number of carbonyl (C=O) groups excluding carboxylic acids is 2. The van der Waals surface area contributed by atoms with Gasteiger partial charge in [-0.05, 0) is 38.5 Å². The molecular weight excluding hydrogens is 394 g/mol. The molecule has 0 aliphatic rings. The lowest BCUT2D eigenvalue weighted by atomic mass is 10.0. The molecule has 0 radical (unpaired) electrons. The number of benzene rings is 2. The van der Waals surface area contributed by atoms with Crippen LogP contribution in [0.4, 0.5) is 0 Å². The van der Waals surface area contributed by atoms with Crippen molar-refractivity contribution in [3.63, 3.8) is 0 Å². The molecule has 0 bridgehead atoms. The van der Waals surface area contributed by atoms with Gasteiger partial charge in [0, 0.05) is 17.6 Å². The summed E-state index contributed by atoms with van der Waals surface area (Å²) in [5.74, 6) is -0.447. The topological polar surface area (TPSA) is 90.2 Å². The molecule has 0 spiro atoms. The minimum Gasteiger partial charge on any atom is -0.454 e. The molecule has 0 unspecified atom stereocenters. The molecular formula is C23H27N5O3. The van der Waals surface area contributed by atoms with Crippen LogP contribution in [-0.2, 0) is 27.4 Å². The van der Waals surface area contributed by atoms with Gasteiger partial charge in [-0.1, -0.05) is 60.2 Å². The van der Waals surface area contributed by atoms with Gasteiger partial charge in [-0.25, -0.2) is 4.79 Å². The van der Waals surface area contributed by atoms with Crippen LogP contribution in [-0.4, -0.2) is 49.1 Å². The Morgan fingerprint density at radius 3 is 2.35 bits per heavy atom. The molecule has 1 heterocycles. The quantitative estimate of drug-likeness (QED) is 0.545. The second-order valence-corrected chi connectivity index (χ2v) is 8.31. The van der Waals surface area contributed by atoms with Crippen LogP contribution in [0.3, 0.4) is 0 Å². The second-order valence-electron chi connectivity index (χ2n) is 8.31. The SMILES string of the molecule is Cc1ccc(-c2nnn(CC(=O)OCC(=O)N(Cc3ccccc3)C(C)(C)C)n2)cc1. The lowest BCUT2D eigenvalue weighted by Gasteiger charge is -2.35. The molecule has 2 aromatic carbocycles. The first-order valence-corrected chi connectivity index (χ1v) is 10.1. The van der Waals surface area contributed by atoms with Crippen molar-refractivity contribution < 1.29 is 14.3 Å². The number of ether oxygens (including phenoxy) is 1. The Bertz CT molecular complexity index is 1020. The highest BCUT2D eigenvalue weighted by molar-refractivity contribution is 5.81. The lowest BCUT2D eigenvalue weighted by molar-refractivity contribution is -0.155. The van der Waals surface area contributed by atoms with Gasteiger partial charge >= 0.3 is 5.97 Å². The normalized spacial score (nSPS) is 11.2. The van der Waals surface area contributed by atoms with Crippen LogP contribution in [0.1, 0.15) is 31.9 Å². The van der Waals surface area contributed by atoms with E-state index in [9.17, 15) is 9.59 Å². The first-order valence-electron chi connectivity index (χ1n) is 10.1. The fraction of sp³-hybridized carbons (Fsp3) is 0.348. The highest BCUT2D eigenvalue weighted by atomic mass is 16.5. The highest BCUT2D eigenvalue weighted by Gasteiger charge is 2.27. The molecule has 0 saturated carbocycles. The number of tetrazole rings is 1. The fourth-order valence-electron chi connectivity index (χ4n) is 2.98. The van der Waals surface area contributed by atoms with Crippen molar-refractivity contribution in [3.05, 3.63) is 65.7 Å². The van der Waals surface area contributed by atoms with E-state index in [1.165, 1.54) is 0 Å². The minimum absolute atomic E-state index is 0.222. The Kier molecular flexibility index (Phi) is 6.79. The maximum atomic E-state index is 12.8. The van der Waals surface area contributed by atoms with Gasteiger partial charge in [-0.2, -0.15) is 4.80 Å². The molecule has 0 fully saturated rings. The van der Waals surface area contributed by atoms with E-state index < -0.39 is 11.5 Å². The van der Waals surface area contributed by atoms with Gasteiger partial charge in [-0.3, -0.25) is 4.79 Å². The number of aryl methyl sites for hydroxylation is 1. The van der Waals surface area contributed by atoms with Crippen LogP contribution in [0.15, 0.2) is 54.6 Å². The van der Waals surface area contributed by atoms with Crippen LogP contribution >= 0.6 is 0 Å². The molecule has 3 rings (SSSR count). The summed E-state index contributed by atoms with van der Waals surface area (Å²) in [6.45, 7) is 7.70. The second kappa shape index (κ2) is 9.51. The van der Waals surface area contributed by atoms with Crippen molar-refractivity contribution in [3.8, 4) is 11.4 Å². The highest BCUT2D eigenvalue weighted by Crippen LogP contribution is 2.18. The van der Waals surface area contributed by atoms with Gasteiger partial charge < -0.3 is 9.64 Å². The van der Waals surface area contributed by atoms with Crippen LogP contribution in [0.25, 0.3) is 11.4 Å². The number of carbonyl (C=O) groups is 2. The Balaban J connectivity index is 1.56. The third kappa shape index (κ3) is 6.21. The van der Waals surface area contributed by atoms with Crippen molar-refractivity contribution in [2.45, 2.75) is 46.3 Å². The summed E-state index contributed by atoms with van der Waals surface area (Å²) in [5.41, 5.74) is 2.52. The summed E-state index contributed by atoms with van der Waals surface area (Å²) in [4.78, 5) is 27.8. The minimum atomic E-state index is -0.602. The van der Waals surface area contributed by atoms with Gasteiger partial charge in [0.25, 0.3) is 5.91 Å². The van der Waals surface area contributed by atoms with Gasteiger partial charge in [0.2, 0.25) is 5.82 Å². The van der Waals surface area contributed by atoms with E-state index in [1.807, 2.05) is 82.3 Å². The summed E-state index contributed by atoms with van der Waals surface area (Å²) in [6.07, 6.45) is 0. The maximum Gasteiger partial charge on any atom is 0.330 e. The molecule has 0 aliphatic carbocycles. The summed E-state index contributed by atoms with van der Waals surface area (Å²) < 4.78 is 5.19. The average Bonchev–Trinajstić information content (AvgIpc) is 3.19. The number of amides is 1. The van der Waals surface area contributed by atoms with E-state index in [0.717, 1.165) is 21.5 Å². The molecule has 0 atom stereocenters. The van der Waals surface area contributed by atoms with E-state index in [2.05, 4.69) is 15.4 Å². The Morgan fingerprint density at radius 1 is 1.03 bits per heavy atom. The van der Waals surface area contributed by atoms with Crippen LogP contribution in [0.5, 0.6) is 0 Å². The van der Waals surface area contributed by atoms with Crippen LogP contribution < -0.4 is 0 Å². The van der Waals surface area contributed by atoms with Crippen molar-refractivity contribution in [2.24, 2.45) is 0 Å². The van der Waals surface area contributed by atoms with Crippen molar-refractivity contribution in [1.82, 2.24) is 25.1 Å². The smallest absolute Gasteiger partial charge is 0.330 e. The molecule has 0 N–H and O–H groups in total. The summed E-state index contributed by atoms with van der Waals surface area (Å²) in [5, 5.41) is 12.1. The predicted molar refractivity (Wildman–Crippen MR) is 116 cm³/mol. The summed E-state index contributed by atoms with van der Waals surface area (Å²) >= 11 is 0. The van der Waals surface area contributed by atoms with Gasteiger partial charge in [0.15, 0.2) is 13.2 Å². The molecule has 1 aromatic heterocycles. The van der Waals surface area contributed by atoms with E-state index in [1.54, 1.807) is 4.90 Å². The van der Waals surface area contributed by atoms with E-state index in [4.69, 9.17) is 4.74 Å². The monoisotopic (exact) mass is 421 g/mol. The number of hydrogen-bond acceptors (Lipinski definition) is 6. The summed E-state index contributed by atoms with van der Waals surface area (Å²) in [7, 11) is 0. The fourth-order valence-corrected chi connectivity index (χ4v) is 2.98. The van der Waals surface area contributed by atoms with Crippen LogP contribution in [0, 0.1) is 6.92 Å². The first kappa shape index (κ1) is 22.1. The standard InChI is InChI=1S/C23H27N5O3/c1-17-10-12-19(13-11-17)22-24-26-28(25-22)15-21(30)31-16-20(29)27(23(2,3)4)14-18-8-6-5-7-9-18/h5-13H,14-16H2,1-4H3. The van der Waals surface area contributed by atoms with Gasteiger partial charge in [0.1, 0.15) is 0 Å². The molecule has 8 nitrogen and oxygen atoms in total. The first-order chi connectivity index (χ1) is 14.7. The Labute approximate surface area is 181 Å². The largest absolute Gasteiger partial charge is 0.454 e. The molecule has 162 valence electrons. The van der Waals surface area contributed by atoms with Gasteiger partial charge in [0.05, 0.1) is 0 Å².